The van der Waals surface area contributed by atoms with Crippen molar-refractivity contribution in [3.8, 4) is 0 Å². The Morgan fingerprint density at radius 1 is 1.19 bits per heavy atom. The van der Waals surface area contributed by atoms with E-state index < -0.39 is 0 Å². The molecule has 0 aliphatic carbocycles. The van der Waals surface area contributed by atoms with Crippen LogP contribution in [0.4, 0.5) is 27.9 Å². The largest absolute Gasteiger partial charge is 0.368 e. The molecule has 112 valence electrons. The van der Waals surface area contributed by atoms with E-state index in [2.05, 4.69) is 20.3 Å². The summed E-state index contributed by atoms with van der Waals surface area (Å²) in [4.78, 5) is 14.5. The molecule has 1 aromatic carbocycles. The van der Waals surface area contributed by atoms with Crippen LogP contribution in [0.15, 0.2) is 18.2 Å². The van der Waals surface area contributed by atoms with Crippen LogP contribution in [0.25, 0.3) is 0 Å². The first-order valence-corrected chi connectivity index (χ1v) is 6.83. The molecule has 1 heterocycles. The summed E-state index contributed by atoms with van der Waals surface area (Å²) in [5, 5.41) is 3.05. The van der Waals surface area contributed by atoms with Gasteiger partial charge in [0.1, 0.15) is 5.82 Å². The number of nitrogen functional groups attached to an aromatic ring is 1. The van der Waals surface area contributed by atoms with Crippen LogP contribution in [0.2, 0.25) is 0 Å². The third kappa shape index (κ3) is 3.56. The van der Waals surface area contributed by atoms with Crippen LogP contribution in [-0.4, -0.2) is 28.0 Å². The highest BCUT2D eigenvalue weighted by Crippen LogP contribution is 2.20. The lowest BCUT2D eigenvalue weighted by atomic mass is 10.2. The first-order valence-electron chi connectivity index (χ1n) is 6.83. The molecule has 0 bridgehead atoms. The molecule has 1 aromatic heterocycles. The SMILES string of the molecule is CCN(CC)c1nc(N)nc(Nc2ccc(F)cc2C)n1. The molecular weight excluding hydrogens is 271 g/mol. The van der Waals surface area contributed by atoms with Crippen LogP contribution in [-0.2, 0) is 0 Å². The Bertz CT molecular complexity index is 627. The molecule has 0 saturated carbocycles. The van der Waals surface area contributed by atoms with E-state index in [1.54, 1.807) is 13.0 Å². The highest BCUT2D eigenvalue weighted by atomic mass is 19.1. The minimum atomic E-state index is -0.281. The van der Waals surface area contributed by atoms with E-state index in [9.17, 15) is 4.39 Å². The number of benzene rings is 1. The Labute approximate surface area is 123 Å². The van der Waals surface area contributed by atoms with Crippen molar-refractivity contribution in [1.82, 2.24) is 15.0 Å². The number of hydrogen-bond acceptors (Lipinski definition) is 6. The fraction of sp³-hybridized carbons (Fsp3) is 0.357. The average molecular weight is 290 g/mol. The van der Waals surface area contributed by atoms with Crippen molar-refractivity contribution in [1.29, 1.82) is 0 Å². The molecule has 0 aliphatic rings. The maximum atomic E-state index is 13.1. The topological polar surface area (TPSA) is 80.0 Å². The Hall–Kier alpha value is -2.44. The summed E-state index contributed by atoms with van der Waals surface area (Å²) in [6.45, 7) is 7.38. The lowest BCUT2D eigenvalue weighted by Gasteiger charge is -2.19. The van der Waals surface area contributed by atoms with Crippen LogP contribution in [0.1, 0.15) is 19.4 Å². The fourth-order valence-electron chi connectivity index (χ4n) is 1.97. The number of nitrogens with zero attached hydrogens (tertiary/aromatic N) is 4. The lowest BCUT2D eigenvalue weighted by molar-refractivity contribution is 0.627. The molecule has 2 aromatic rings. The highest BCUT2D eigenvalue weighted by molar-refractivity contribution is 5.59. The van der Waals surface area contributed by atoms with Gasteiger partial charge < -0.3 is 16.0 Å². The molecule has 2 rings (SSSR count). The number of anilines is 4. The molecule has 0 unspecified atom stereocenters. The van der Waals surface area contributed by atoms with Gasteiger partial charge in [-0.15, -0.1) is 0 Å². The van der Waals surface area contributed by atoms with E-state index in [0.29, 0.717) is 11.9 Å². The Kier molecular flexibility index (Phi) is 4.52. The fourth-order valence-corrected chi connectivity index (χ4v) is 1.97. The second-order valence-corrected chi connectivity index (χ2v) is 4.57. The van der Waals surface area contributed by atoms with Crippen LogP contribution in [0, 0.1) is 12.7 Å². The third-order valence-electron chi connectivity index (χ3n) is 3.12. The smallest absolute Gasteiger partial charge is 0.233 e. The van der Waals surface area contributed by atoms with Gasteiger partial charge in [0.25, 0.3) is 0 Å². The van der Waals surface area contributed by atoms with Gasteiger partial charge in [-0.05, 0) is 44.5 Å². The molecule has 0 amide bonds. The molecule has 7 heteroatoms. The van der Waals surface area contributed by atoms with Crippen molar-refractivity contribution in [2.45, 2.75) is 20.8 Å². The minimum absolute atomic E-state index is 0.147. The van der Waals surface area contributed by atoms with Crippen LogP contribution in [0.5, 0.6) is 0 Å². The van der Waals surface area contributed by atoms with E-state index in [4.69, 9.17) is 5.73 Å². The summed E-state index contributed by atoms with van der Waals surface area (Å²) in [5.41, 5.74) is 7.23. The first-order chi connectivity index (χ1) is 10.0. The van der Waals surface area contributed by atoms with Gasteiger partial charge in [-0.2, -0.15) is 15.0 Å². The summed E-state index contributed by atoms with van der Waals surface area (Å²) >= 11 is 0. The zero-order valence-electron chi connectivity index (χ0n) is 12.4. The van der Waals surface area contributed by atoms with Gasteiger partial charge in [0.2, 0.25) is 17.8 Å². The Morgan fingerprint density at radius 3 is 2.52 bits per heavy atom. The number of aromatic nitrogens is 3. The molecule has 3 N–H and O–H groups in total. The second kappa shape index (κ2) is 6.34. The maximum Gasteiger partial charge on any atom is 0.233 e. The standard InChI is InChI=1S/C14H19FN6/c1-4-21(5-2)14-19-12(16)18-13(20-14)17-11-7-6-10(15)8-9(11)3/h6-8H,4-5H2,1-3H3,(H3,16,17,18,19,20). The van der Waals surface area contributed by atoms with Crippen molar-refractivity contribution < 1.29 is 4.39 Å². The molecule has 0 saturated heterocycles. The normalized spacial score (nSPS) is 10.5. The third-order valence-corrected chi connectivity index (χ3v) is 3.12. The number of hydrogen-bond donors (Lipinski definition) is 2. The maximum absolute atomic E-state index is 13.1. The number of nitrogens with one attached hydrogen (secondary N) is 1. The van der Waals surface area contributed by atoms with Crippen molar-refractivity contribution in [2.24, 2.45) is 0 Å². The average Bonchev–Trinajstić information content (AvgIpc) is 2.43. The molecule has 0 radical (unpaired) electrons. The van der Waals surface area contributed by atoms with Gasteiger partial charge in [0.15, 0.2) is 0 Å². The second-order valence-electron chi connectivity index (χ2n) is 4.57. The predicted octanol–water partition coefficient (Wildman–Crippen LogP) is 2.49. The molecule has 0 atom stereocenters. The zero-order chi connectivity index (χ0) is 15.4. The quantitative estimate of drug-likeness (QED) is 0.880. The van der Waals surface area contributed by atoms with E-state index >= 15 is 0 Å². The summed E-state index contributed by atoms with van der Waals surface area (Å²) in [7, 11) is 0. The van der Waals surface area contributed by atoms with Crippen molar-refractivity contribution >= 4 is 23.5 Å². The van der Waals surface area contributed by atoms with E-state index in [0.717, 1.165) is 24.3 Å². The van der Waals surface area contributed by atoms with Gasteiger partial charge in [0, 0.05) is 18.8 Å². The summed E-state index contributed by atoms with van der Waals surface area (Å²) in [6.07, 6.45) is 0. The summed E-state index contributed by atoms with van der Waals surface area (Å²) in [5.74, 6) is 0.736. The van der Waals surface area contributed by atoms with Crippen molar-refractivity contribution in [2.75, 3.05) is 29.0 Å². The van der Waals surface area contributed by atoms with Gasteiger partial charge in [0.05, 0.1) is 0 Å². The number of rotatable bonds is 5. The summed E-state index contributed by atoms with van der Waals surface area (Å²) in [6, 6.07) is 4.46. The monoisotopic (exact) mass is 290 g/mol. The minimum Gasteiger partial charge on any atom is -0.368 e. The first kappa shape index (κ1) is 15.0. The van der Waals surface area contributed by atoms with E-state index in [1.165, 1.54) is 12.1 Å². The molecule has 0 fully saturated rings. The number of aryl methyl sites for hydroxylation is 1. The van der Waals surface area contributed by atoms with Crippen molar-refractivity contribution in [3.05, 3.63) is 29.6 Å². The number of nitrogens with two attached hydrogens (primary N) is 1. The van der Waals surface area contributed by atoms with Gasteiger partial charge in [-0.25, -0.2) is 4.39 Å². The molecule has 0 spiro atoms. The van der Waals surface area contributed by atoms with Crippen LogP contribution < -0.4 is 16.0 Å². The number of halogens is 1. The highest BCUT2D eigenvalue weighted by Gasteiger charge is 2.10. The van der Waals surface area contributed by atoms with Gasteiger partial charge >= 0.3 is 0 Å². The molecule has 21 heavy (non-hydrogen) atoms. The van der Waals surface area contributed by atoms with Gasteiger partial charge in [-0.3, -0.25) is 0 Å². The van der Waals surface area contributed by atoms with Crippen molar-refractivity contribution in [3.63, 3.8) is 0 Å². The Morgan fingerprint density at radius 2 is 1.90 bits per heavy atom. The van der Waals surface area contributed by atoms with Gasteiger partial charge in [-0.1, -0.05) is 0 Å². The predicted molar refractivity (Wildman–Crippen MR) is 82.2 cm³/mol. The zero-order valence-corrected chi connectivity index (χ0v) is 12.4. The summed E-state index contributed by atoms with van der Waals surface area (Å²) < 4.78 is 13.1. The van der Waals surface area contributed by atoms with Crippen LogP contribution >= 0.6 is 0 Å². The Balaban J connectivity index is 2.31. The van der Waals surface area contributed by atoms with E-state index in [1.807, 2.05) is 18.7 Å². The molecular formula is C14H19FN6. The van der Waals surface area contributed by atoms with E-state index in [-0.39, 0.29) is 11.8 Å². The van der Waals surface area contributed by atoms with Crippen LogP contribution in [0.3, 0.4) is 0 Å². The molecule has 0 aliphatic heterocycles. The molecule has 6 nitrogen and oxygen atoms in total. The lowest BCUT2D eigenvalue weighted by Crippen LogP contribution is -2.25.